The summed E-state index contributed by atoms with van der Waals surface area (Å²) in [6, 6.07) is 19.7. The molecule has 6 nitrogen and oxygen atoms in total. The third-order valence-corrected chi connectivity index (χ3v) is 5.27. The highest BCUT2D eigenvalue weighted by Gasteiger charge is 2.21. The minimum absolute atomic E-state index is 0.0698. The number of nitrogens with one attached hydrogen (secondary N) is 1. The lowest BCUT2D eigenvalue weighted by molar-refractivity contribution is -0.0672. The van der Waals surface area contributed by atoms with Crippen molar-refractivity contribution in [3.05, 3.63) is 72.4 Å². The van der Waals surface area contributed by atoms with Gasteiger partial charge in [0.2, 0.25) is 0 Å². The van der Waals surface area contributed by atoms with E-state index in [-0.39, 0.29) is 18.1 Å². The van der Waals surface area contributed by atoms with Gasteiger partial charge >= 0.3 is 0 Å². The Bertz CT molecular complexity index is 976. The van der Waals surface area contributed by atoms with Crippen molar-refractivity contribution in [3.8, 4) is 16.9 Å². The SMILES string of the molecule is CC1CN(CCNC(=O)c2cccc(-n3nccc3-c3ccccc3)c2)CC(C)O1. The van der Waals surface area contributed by atoms with Gasteiger partial charge in [0.1, 0.15) is 0 Å². The molecule has 0 radical (unpaired) electrons. The van der Waals surface area contributed by atoms with Crippen LogP contribution in [0.15, 0.2) is 66.9 Å². The number of benzene rings is 2. The summed E-state index contributed by atoms with van der Waals surface area (Å²) in [4.78, 5) is 15.0. The van der Waals surface area contributed by atoms with Crippen molar-refractivity contribution in [2.24, 2.45) is 0 Å². The molecule has 0 aliphatic carbocycles. The number of nitrogens with zero attached hydrogens (tertiary/aromatic N) is 3. The monoisotopic (exact) mass is 404 g/mol. The van der Waals surface area contributed by atoms with Crippen molar-refractivity contribution in [1.29, 1.82) is 0 Å². The molecule has 0 saturated carbocycles. The molecule has 1 aliphatic rings. The third-order valence-electron chi connectivity index (χ3n) is 5.27. The van der Waals surface area contributed by atoms with E-state index in [1.165, 1.54) is 0 Å². The van der Waals surface area contributed by atoms with Crippen LogP contribution in [-0.2, 0) is 4.74 Å². The van der Waals surface area contributed by atoms with E-state index in [0.717, 1.165) is 36.6 Å². The van der Waals surface area contributed by atoms with Crippen LogP contribution in [0.2, 0.25) is 0 Å². The maximum atomic E-state index is 12.7. The van der Waals surface area contributed by atoms with Gasteiger partial charge in [-0.3, -0.25) is 9.69 Å². The normalized spacial score (nSPS) is 19.5. The minimum Gasteiger partial charge on any atom is -0.373 e. The van der Waals surface area contributed by atoms with E-state index >= 15 is 0 Å². The lowest BCUT2D eigenvalue weighted by Gasteiger charge is -2.35. The third kappa shape index (κ3) is 4.78. The molecule has 6 heteroatoms. The lowest BCUT2D eigenvalue weighted by atomic mass is 10.1. The highest BCUT2D eigenvalue weighted by molar-refractivity contribution is 5.94. The van der Waals surface area contributed by atoms with Gasteiger partial charge in [-0.2, -0.15) is 5.10 Å². The van der Waals surface area contributed by atoms with E-state index < -0.39 is 0 Å². The Morgan fingerprint density at radius 2 is 1.83 bits per heavy atom. The fraction of sp³-hybridized carbons (Fsp3) is 0.333. The first-order chi connectivity index (χ1) is 14.6. The van der Waals surface area contributed by atoms with Crippen LogP contribution in [-0.4, -0.2) is 59.0 Å². The number of carbonyl (C=O) groups excluding carboxylic acids is 1. The molecular formula is C24H28N4O2. The average Bonchev–Trinajstić information content (AvgIpc) is 3.24. The summed E-state index contributed by atoms with van der Waals surface area (Å²) in [6.07, 6.45) is 2.24. The smallest absolute Gasteiger partial charge is 0.251 e. The van der Waals surface area contributed by atoms with Crippen molar-refractivity contribution < 1.29 is 9.53 Å². The van der Waals surface area contributed by atoms with E-state index in [9.17, 15) is 4.79 Å². The molecule has 1 aliphatic heterocycles. The molecular weight excluding hydrogens is 376 g/mol. The summed E-state index contributed by atoms with van der Waals surface area (Å²) in [5.41, 5.74) is 3.57. The molecule has 2 atom stereocenters. The predicted molar refractivity (Wildman–Crippen MR) is 118 cm³/mol. The Morgan fingerprint density at radius 3 is 2.60 bits per heavy atom. The van der Waals surface area contributed by atoms with Crippen LogP contribution in [0.5, 0.6) is 0 Å². The Labute approximate surface area is 177 Å². The van der Waals surface area contributed by atoms with Gasteiger partial charge in [0, 0.05) is 37.3 Å². The first-order valence-corrected chi connectivity index (χ1v) is 10.5. The van der Waals surface area contributed by atoms with Gasteiger partial charge < -0.3 is 10.1 Å². The van der Waals surface area contributed by atoms with Crippen LogP contribution in [0.25, 0.3) is 16.9 Å². The second-order valence-electron chi connectivity index (χ2n) is 7.82. The predicted octanol–water partition coefficient (Wildman–Crippen LogP) is 3.38. The molecule has 3 aromatic rings. The molecule has 4 rings (SSSR count). The zero-order valence-electron chi connectivity index (χ0n) is 17.5. The molecule has 0 bridgehead atoms. The van der Waals surface area contributed by atoms with E-state index in [4.69, 9.17) is 4.74 Å². The van der Waals surface area contributed by atoms with Crippen molar-refractivity contribution in [1.82, 2.24) is 20.0 Å². The summed E-state index contributed by atoms with van der Waals surface area (Å²) in [7, 11) is 0. The topological polar surface area (TPSA) is 59.4 Å². The molecule has 2 heterocycles. The number of carbonyl (C=O) groups is 1. The summed E-state index contributed by atoms with van der Waals surface area (Å²) >= 11 is 0. The highest BCUT2D eigenvalue weighted by atomic mass is 16.5. The summed E-state index contributed by atoms with van der Waals surface area (Å²) in [5.74, 6) is -0.0698. The number of ether oxygens (including phenoxy) is 1. The molecule has 30 heavy (non-hydrogen) atoms. The van der Waals surface area contributed by atoms with Crippen LogP contribution < -0.4 is 5.32 Å². The molecule has 1 amide bonds. The fourth-order valence-electron chi connectivity index (χ4n) is 4.01. The Hall–Kier alpha value is -2.96. The second kappa shape index (κ2) is 9.24. The van der Waals surface area contributed by atoms with Crippen molar-refractivity contribution in [2.45, 2.75) is 26.1 Å². The molecule has 0 spiro atoms. The number of amides is 1. The standard InChI is InChI=1S/C24H28N4O2/c1-18-16-27(17-19(2)30-18)14-13-25-24(29)21-9-6-10-22(15-21)28-23(11-12-26-28)20-7-4-3-5-8-20/h3-12,15,18-19H,13-14,16-17H2,1-2H3,(H,25,29). The highest BCUT2D eigenvalue weighted by Crippen LogP contribution is 2.22. The average molecular weight is 405 g/mol. The van der Waals surface area contributed by atoms with Gasteiger partial charge in [-0.25, -0.2) is 4.68 Å². The molecule has 1 N–H and O–H groups in total. The molecule has 156 valence electrons. The summed E-state index contributed by atoms with van der Waals surface area (Å²) < 4.78 is 7.63. The van der Waals surface area contributed by atoms with E-state index in [0.29, 0.717) is 12.1 Å². The van der Waals surface area contributed by atoms with Crippen molar-refractivity contribution in [3.63, 3.8) is 0 Å². The van der Waals surface area contributed by atoms with E-state index in [1.54, 1.807) is 6.20 Å². The van der Waals surface area contributed by atoms with Gasteiger partial charge in [0.25, 0.3) is 5.91 Å². The Balaban J connectivity index is 1.42. The number of hydrogen-bond acceptors (Lipinski definition) is 4. The number of aromatic nitrogens is 2. The van der Waals surface area contributed by atoms with E-state index in [2.05, 4.69) is 41.3 Å². The maximum Gasteiger partial charge on any atom is 0.251 e. The maximum absolute atomic E-state index is 12.7. The molecule has 1 saturated heterocycles. The quantitative estimate of drug-likeness (QED) is 0.684. The number of morpholine rings is 1. The zero-order chi connectivity index (χ0) is 20.9. The van der Waals surface area contributed by atoms with Crippen molar-refractivity contribution >= 4 is 5.91 Å². The Morgan fingerprint density at radius 1 is 1.07 bits per heavy atom. The van der Waals surface area contributed by atoms with Gasteiger partial charge in [-0.15, -0.1) is 0 Å². The van der Waals surface area contributed by atoms with Crippen LogP contribution in [0.4, 0.5) is 0 Å². The van der Waals surface area contributed by atoms with Crippen molar-refractivity contribution in [2.75, 3.05) is 26.2 Å². The van der Waals surface area contributed by atoms with Gasteiger partial charge in [-0.1, -0.05) is 36.4 Å². The van der Waals surface area contributed by atoms with Crippen LogP contribution >= 0.6 is 0 Å². The van der Waals surface area contributed by atoms with Crippen LogP contribution in [0.3, 0.4) is 0 Å². The number of hydrogen-bond donors (Lipinski definition) is 1. The summed E-state index contributed by atoms with van der Waals surface area (Å²) in [6.45, 7) is 7.41. The molecule has 2 unspecified atom stereocenters. The summed E-state index contributed by atoms with van der Waals surface area (Å²) in [5, 5.41) is 7.51. The van der Waals surface area contributed by atoms with Crippen LogP contribution in [0, 0.1) is 0 Å². The lowest BCUT2D eigenvalue weighted by Crippen LogP contribution is -2.47. The largest absolute Gasteiger partial charge is 0.373 e. The van der Waals surface area contributed by atoms with Gasteiger partial charge in [0.15, 0.2) is 0 Å². The molecule has 1 aromatic heterocycles. The molecule has 1 fully saturated rings. The first-order valence-electron chi connectivity index (χ1n) is 10.5. The Kier molecular flexibility index (Phi) is 6.26. The zero-order valence-corrected chi connectivity index (χ0v) is 17.5. The van der Waals surface area contributed by atoms with E-state index in [1.807, 2.05) is 53.2 Å². The van der Waals surface area contributed by atoms with Gasteiger partial charge in [-0.05, 0) is 38.1 Å². The minimum atomic E-state index is -0.0698. The van der Waals surface area contributed by atoms with Gasteiger partial charge in [0.05, 0.1) is 29.8 Å². The molecule has 2 aromatic carbocycles. The van der Waals surface area contributed by atoms with Crippen LogP contribution in [0.1, 0.15) is 24.2 Å². The number of rotatable bonds is 6. The first kappa shape index (κ1) is 20.3. The second-order valence-corrected chi connectivity index (χ2v) is 7.82. The fourth-order valence-corrected chi connectivity index (χ4v) is 4.01.